The van der Waals surface area contributed by atoms with Crippen molar-refractivity contribution in [2.45, 2.75) is 32.5 Å². The van der Waals surface area contributed by atoms with Crippen LogP contribution in [0, 0.1) is 6.92 Å². The maximum atomic E-state index is 13.1. The molecule has 0 bridgehead atoms. The van der Waals surface area contributed by atoms with Gasteiger partial charge in [0, 0.05) is 38.6 Å². The lowest BCUT2D eigenvalue weighted by molar-refractivity contribution is -0.141. The van der Waals surface area contributed by atoms with Crippen LogP contribution in [-0.4, -0.2) is 76.5 Å². The number of hydrogen-bond acceptors (Lipinski definition) is 8. The first-order valence-corrected chi connectivity index (χ1v) is 10.4. The molecule has 0 unspecified atom stereocenters. The first-order valence-electron chi connectivity index (χ1n) is 10.4. The van der Waals surface area contributed by atoms with Gasteiger partial charge in [0.05, 0.1) is 25.8 Å². The number of carbonyl (C=O) groups excluding carboxylic acids is 1. The van der Waals surface area contributed by atoms with Crippen molar-refractivity contribution in [3.8, 4) is 5.75 Å². The number of anilines is 1. The molecule has 2 aromatic heterocycles. The van der Waals surface area contributed by atoms with E-state index in [1.165, 1.54) is 6.92 Å². The number of amides is 1. The third-order valence-electron chi connectivity index (χ3n) is 4.93. The van der Waals surface area contributed by atoms with Crippen molar-refractivity contribution in [3.63, 3.8) is 0 Å². The summed E-state index contributed by atoms with van der Waals surface area (Å²) < 4.78 is 49.8. The monoisotopic (exact) mass is 470 g/mol. The molecule has 13 heteroatoms. The molecule has 0 spiro atoms. The van der Waals surface area contributed by atoms with Crippen molar-refractivity contribution in [1.29, 1.82) is 0 Å². The molecule has 2 aromatic rings. The van der Waals surface area contributed by atoms with Crippen LogP contribution < -0.4 is 15.2 Å². The minimum absolute atomic E-state index is 0.0596. The summed E-state index contributed by atoms with van der Waals surface area (Å²) in [7, 11) is 0. The van der Waals surface area contributed by atoms with Crippen LogP contribution in [0.25, 0.3) is 0 Å². The van der Waals surface area contributed by atoms with Gasteiger partial charge >= 0.3 is 6.18 Å². The zero-order valence-corrected chi connectivity index (χ0v) is 18.3. The first-order chi connectivity index (χ1) is 15.6. The Balaban J connectivity index is 1.39. The number of alkyl halides is 3. The standard InChI is InChI=1S/C20H25F3N6O4/c1-13-9-24-19(25-10-13)29-6-4-28(5-7-29)16(30)3-8-32-12-14(2)33-15-11-26-27-18(31)17(15)20(21,22)23/h9-11,14H,3-8,12H2,1-2H3,(H,27,31)/t14-/m0/s1. The summed E-state index contributed by atoms with van der Waals surface area (Å²) in [5.74, 6) is -0.116. The number of aromatic amines is 1. The second kappa shape index (κ2) is 10.6. The highest BCUT2D eigenvalue weighted by molar-refractivity contribution is 5.76. The molecule has 33 heavy (non-hydrogen) atoms. The zero-order valence-electron chi connectivity index (χ0n) is 18.3. The highest BCUT2D eigenvalue weighted by Crippen LogP contribution is 2.33. The Labute approximate surface area is 187 Å². The van der Waals surface area contributed by atoms with E-state index < -0.39 is 29.2 Å². The Kier molecular flexibility index (Phi) is 7.84. The van der Waals surface area contributed by atoms with E-state index in [2.05, 4.69) is 15.1 Å². The number of piperazine rings is 1. The van der Waals surface area contributed by atoms with E-state index in [0.29, 0.717) is 32.1 Å². The quantitative estimate of drug-likeness (QED) is 0.577. The maximum Gasteiger partial charge on any atom is 0.425 e. The molecule has 0 aromatic carbocycles. The topological polar surface area (TPSA) is 114 Å². The number of nitrogens with zero attached hydrogens (tertiary/aromatic N) is 5. The molecule has 1 amide bonds. The molecule has 3 rings (SSSR count). The molecule has 1 aliphatic heterocycles. The molecular formula is C20H25F3N6O4. The van der Waals surface area contributed by atoms with Gasteiger partial charge in [-0.25, -0.2) is 15.1 Å². The van der Waals surface area contributed by atoms with E-state index in [1.807, 2.05) is 11.8 Å². The van der Waals surface area contributed by atoms with Crippen LogP contribution in [0.5, 0.6) is 5.75 Å². The molecule has 1 atom stereocenters. The van der Waals surface area contributed by atoms with E-state index in [1.54, 1.807) is 22.4 Å². The highest BCUT2D eigenvalue weighted by Gasteiger charge is 2.38. The summed E-state index contributed by atoms with van der Waals surface area (Å²) in [6, 6.07) is 0. The molecular weight excluding hydrogens is 445 g/mol. The van der Waals surface area contributed by atoms with Crippen molar-refractivity contribution in [3.05, 3.63) is 40.1 Å². The van der Waals surface area contributed by atoms with Crippen molar-refractivity contribution >= 4 is 11.9 Å². The number of rotatable bonds is 8. The number of H-pyrrole nitrogens is 1. The average molecular weight is 470 g/mol. The summed E-state index contributed by atoms with van der Waals surface area (Å²) >= 11 is 0. The SMILES string of the molecule is Cc1cnc(N2CCN(C(=O)CCOC[C@H](C)Oc3cn[nH]c(=O)c3C(F)(F)F)CC2)nc1. The Hall–Kier alpha value is -3.22. The minimum atomic E-state index is -4.88. The van der Waals surface area contributed by atoms with Crippen LogP contribution in [-0.2, 0) is 15.7 Å². The number of aromatic nitrogens is 4. The fourth-order valence-electron chi connectivity index (χ4n) is 3.26. The van der Waals surface area contributed by atoms with Crippen molar-refractivity contribution in [2.24, 2.45) is 0 Å². The largest absolute Gasteiger partial charge is 0.486 e. The van der Waals surface area contributed by atoms with Crippen LogP contribution in [0.4, 0.5) is 19.1 Å². The molecule has 0 saturated carbocycles. The predicted octanol–water partition coefficient (Wildman–Crippen LogP) is 1.41. The molecule has 1 fully saturated rings. The molecule has 1 aliphatic rings. The Morgan fingerprint density at radius 2 is 1.85 bits per heavy atom. The fourth-order valence-corrected chi connectivity index (χ4v) is 3.26. The normalized spacial score (nSPS) is 15.4. The van der Waals surface area contributed by atoms with Gasteiger partial charge < -0.3 is 19.3 Å². The lowest BCUT2D eigenvalue weighted by Gasteiger charge is -2.34. The van der Waals surface area contributed by atoms with Crippen LogP contribution in [0.2, 0.25) is 0 Å². The first kappa shape index (κ1) is 24.4. The Morgan fingerprint density at radius 1 is 1.18 bits per heavy atom. The third-order valence-corrected chi connectivity index (χ3v) is 4.93. The van der Waals surface area contributed by atoms with Gasteiger partial charge in [-0.2, -0.15) is 18.3 Å². The van der Waals surface area contributed by atoms with Crippen molar-refractivity contribution in [2.75, 3.05) is 44.3 Å². The van der Waals surface area contributed by atoms with Crippen LogP contribution in [0.15, 0.2) is 23.4 Å². The molecule has 0 aliphatic carbocycles. The number of carbonyl (C=O) groups is 1. The van der Waals surface area contributed by atoms with Crippen LogP contribution >= 0.6 is 0 Å². The second-order valence-corrected chi connectivity index (χ2v) is 7.62. The number of nitrogens with one attached hydrogen (secondary N) is 1. The van der Waals surface area contributed by atoms with Gasteiger partial charge in [0.1, 0.15) is 6.10 Å². The van der Waals surface area contributed by atoms with Crippen molar-refractivity contribution < 1.29 is 27.4 Å². The smallest absolute Gasteiger partial charge is 0.425 e. The summed E-state index contributed by atoms with van der Waals surface area (Å²) in [5, 5.41) is 5.09. The van der Waals surface area contributed by atoms with E-state index in [-0.39, 0.29) is 25.5 Å². The van der Waals surface area contributed by atoms with Gasteiger partial charge in [0.15, 0.2) is 11.3 Å². The molecule has 3 heterocycles. The van der Waals surface area contributed by atoms with Gasteiger partial charge in [0.25, 0.3) is 5.56 Å². The van der Waals surface area contributed by atoms with E-state index in [0.717, 1.165) is 11.8 Å². The Morgan fingerprint density at radius 3 is 2.48 bits per heavy atom. The van der Waals surface area contributed by atoms with E-state index >= 15 is 0 Å². The molecule has 1 N–H and O–H groups in total. The van der Waals surface area contributed by atoms with Gasteiger partial charge in [-0.05, 0) is 19.4 Å². The summed E-state index contributed by atoms with van der Waals surface area (Å²) in [6.07, 6.45) is -1.24. The number of ether oxygens (including phenoxy) is 2. The van der Waals surface area contributed by atoms with Gasteiger partial charge in [0.2, 0.25) is 11.9 Å². The van der Waals surface area contributed by atoms with E-state index in [9.17, 15) is 22.8 Å². The molecule has 0 radical (unpaired) electrons. The fraction of sp³-hybridized carbons (Fsp3) is 0.550. The molecule has 180 valence electrons. The van der Waals surface area contributed by atoms with Crippen LogP contribution in [0.1, 0.15) is 24.5 Å². The second-order valence-electron chi connectivity index (χ2n) is 7.62. The summed E-state index contributed by atoms with van der Waals surface area (Å²) in [5.41, 5.74) is -1.86. The minimum Gasteiger partial charge on any atom is -0.486 e. The highest BCUT2D eigenvalue weighted by atomic mass is 19.4. The zero-order chi connectivity index (χ0) is 24.0. The Bertz CT molecular complexity index is 991. The lowest BCUT2D eigenvalue weighted by Crippen LogP contribution is -2.49. The summed E-state index contributed by atoms with van der Waals surface area (Å²) in [4.78, 5) is 36.2. The maximum absolute atomic E-state index is 13.1. The van der Waals surface area contributed by atoms with Gasteiger partial charge in [-0.3, -0.25) is 9.59 Å². The van der Waals surface area contributed by atoms with E-state index in [4.69, 9.17) is 9.47 Å². The van der Waals surface area contributed by atoms with Gasteiger partial charge in [-0.1, -0.05) is 0 Å². The summed E-state index contributed by atoms with van der Waals surface area (Å²) in [6.45, 7) is 5.74. The lowest BCUT2D eigenvalue weighted by atomic mass is 10.2. The average Bonchev–Trinajstić information content (AvgIpc) is 2.76. The van der Waals surface area contributed by atoms with Gasteiger partial charge in [-0.15, -0.1) is 0 Å². The van der Waals surface area contributed by atoms with Crippen LogP contribution in [0.3, 0.4) is 0 Å². The number of hydrogen-bond donors (Lipinski definition) is 1. The third kappa shape index (κ3) is 6.63. The van der Waals surface area contributed by atoms with Crippen molar-refractivity contribution in [1.82, 2.24) is 25.1 Å². The molecule has 1 saturated heterocycles. The number of aryl methyl sites for hydroxylation is 1. The molecule has 10 nitrogen and oxygen atoms in total. The number of halogens is 3. The predicted molar refractivity (Wildman–Crippen MR) is 111 cm³/mol.